The summed E-state index contributed by atoms with van der Waals surface area (Å²) in [7, 11) is 0. The Morgan fingerprint density at radius 3 is 2.27 bits per heavy atom. The van der Waals surface area contributed by atoms with Crippen molar-refractivity contribution in [3.05, 3.63) is 34.3 Å². The molecule has 1 amide bonds. The predicted molar refractivity (Wildman–Crippen MR) is 105 cm³/mol. The third-order valence-electron chi connectivity index (χ3n) is 2.91. The van der Waals surface area contributed by atoms with Crippen molar-refractivity contribution in [3.63, 3.8) is 0 Å². The molecule has 1 aromatic rings. The van der Waals surface area contributed by atoms with Gasteiger partial charge in [-0.05, 0) is 44.9 Å². The van der Waals surface area contributed by atoms with Crippen molar-refractivity contribution in [2.45, 2.75) is 60.1 Å². The second-order valence-electron chi connectivity index (χ2n) is 6.63. The van der Waals surface area contributed by atoms with Crippen LogP contribution in [0.15, 0.2) is 18.2 Å². The van der Waals surface area contributed by atoms with E-state index in [9.17, 15) is 14.7 Å². The Morgan fingerprint density at radius 1 is 1.23 bits per heavy atom. The van der Waals surface area contributed by atoms with Gasteiger partial charge in [0.05, 0.1) is 11.6 Å². The van der Waals surface area contributed by atoms with Gasteiger partial charge in [0, 0.05) is 10.6 Å². The maximum atomic E-state index is 11.9. The van der Waals surface area contributed by atoms with E-state index in [1.165, 1.54) is 18.2 Å². The first-order valence-corrected chi connectivity index (χ1v) is 8.91. The molecule has 0 heterocycles. The van der Waals surface area contributed by atoms with Gasteiger partial charge in [-0.3, -0.25) is 0 Å². The standard InChI is InChI=1S/C18H22ClNO4.C2H6/c1-11(2)15(20-17(23)24-18(3,4)5)9-6-12-10-13(19)7-8-14(12)16(21)22;1-2/h7-8,10-11,15H,1-5H3,(H,20,23)(H,21,22);1-2H3. The highest BCUT2D eigenvalue weighted by Gasteiger charge is 2.20. The number of hydrogen-bond acceptors (Lipinski definition) is 3. The van der Waals surface area contributed by atoms with Crippen LogP contribution in [0.5, 0.6) is 0 Å². The van der Waals surface area contributed by atoms with Crippen molar-refractivity contribution in [2.24, 2.45) is 5.92 Å². The lowest BCUT2D eigenvalue weighted by molar-refractivity contribution is 0.0505. The minimum absolute atomic E-state index is 0.0116. The molecule has 1 aromatic carbocycles. The second-order valence-corrected chi connectivity index (χ2v) is 7.07. The number of hydrogen-bond donors (Lipinski definition) is 2. The number of halogens is 1. The molecular weight excluding hydrogens is 354 g/mol. The summed E-state index contributed by atoms with van der Waals surface area (Å²) in [6.45, 7) is 13.1. The lowest BCUT2D eigenvalue weighted by Crippen LogP contribution is -2.41. The summed E-state index contributed by atoms with van der Waals surface area (Å²) in [5.41, 5.74) is -0.249. The molecule has 144 valence electrons. The van der Waals surface area contributed by atoms with Gasteiger partial charge < -0.3 is 15.2 Å². The minimum atomic E-state index is -1.09. The molecule has 0 bridgehead atoms. The first kappa shape index (κ1) is 23.8. The zero-order valence-corrected chi connectivity index (χ0v) is 17.2. The molecule has 0 aliphatic heterocycles. The average Bonchev–Trinajstić information content (AvgIpc) is 2.51. The van der Waals surface area contributed by atoms with E-state index in [4.69, 9.17) is 16.3 Å². The van der Waals surface area contributed by atoms with Crippen molar-refractivity contribution in [3.8, 4) is 11.8 Å². The maximum absolute atomic E-state index is 11.9. The first-order valence-electron chi connectivity index (χ1n) is 8.53. The molecule has 0 aliphatic rings. The van der Waals surface area contributed by atoms with Crippen molar-refractivity contribution in [2.75, 3.05) is 0 Å². The Bertz CT molecular complexity index is 681. The smallest absolute Gasteiger partial charge is 0.408 e. The highest BCUT2D eigenvalue weighted by Crippen LogP contribution is 2.16. The summed E-state index contributed by atoms with van der Waals surface area (Å²) in [5.74, 6) is 4.62. The van der Waals surface area contributed by atoms with Gasteiger partial charge in [-0.25, -0.2) is 9.59 Å². The number of nitrogens with one attached hydrogen (secondary N) is 1. The van der Waals surface area contributed by atoms with Crippen LogP contribution in [-0.4, -0.2) is 28.8 Å². The summed E-state index contributed by atoms with van der Waals surface area (Å²) in [6, 6.07) is 3.90. The number of carbonyl (C=O) groups is 2. The fraction of sp³-hybridized carbons (Fsp3) is 0.500. The Kier molecular flexibility index (Phi) is 9.82. The number of amides is 1. The van der Waals surface area contributed by atoms with Crippen LogP contribution in [0.4, 0.5) is 4.79 Å². The minimum Gasteiger partial charge on any atom is -0.478 e. The van der Waals surface area contributed by atoms with E-state index in [1.54, 1.807) is 20.8 Å². The van der Waals surface area contributed by atoms with Gasteiger partial charge in [-0.1, -0.05) is 51.1 Å². The number of benzene rings is 1. The van der Waals surface area contributed by atoms with Gasteiger partial charge in [0.2, 0.25) is 0 Å². The number of alkyl carbamates (subject to hydrolysis) is 1. The fourth-order valence-corrected chi connectivity index (χ4v) is 1.94. The zero-order chi connectivity index (χ0) is 20.5. The maximum Gasteiger partial charge on any atom is 0.408 e. The number of ether oxygens (including phenoxy) is 1. The topological polar surface area (TPSA) is 75.6 Å². The number of aromatic carboxylic acids is 1. The Morgan fingerprint density at radius 2 is 1.81 bits per heavy atom. The quantitative estimate of drug-likeness (QED) is 0.725. The molecule has 0 aliphatic carbocycles. The molecule has 0 saturated carbocycles. The van der Waals surface area contributed by atoms with Gasteiger partial charge >= 0.3 is 12.1 Å². The van der Waals surface area contributed by atoms with Gasteiger partial charge in [-0.15, -0.1) is 0 Å². The van der Waals surface area contributed by atoms with E-state index < -0.39 is 23.7 Å². The second kappa shape index (κ2) is 10.7. The molecule has 1 rings (SSSR count). The van der Waals surface area contributed by atoms with E-state index in [0.717, 1.165) is 0 Å². The van der Waals surface area contributed by atoms with E-state index in [2.05, 4.69) is 17.2 Å². The highest BCUT2D eigenvalue weighted by molar-refractivity contribution is 6.30. The molecule has 6 heteroatoms. The van der Waals surface area contributed by atoms with Gasteiger partial charge in [-0.2, -0.15) is 0 Å². The number of carboxylic acids is 1. The van der Waals surface area contributed by atoms with Crippen molar-refractivity contribution >= 4 is 23.7 Å². The fourth-order valence-electron chi connectivity index (χ4n) is 1.77. The summed E-state index contributed by atoms with van der Waals surface area (Å²) in [6.07, 6.45) is -0.569. The molecule has 5 nitrogen and oxygen atoms in total. The largest absolute Gasteiger partial charge is 0.478 e. The molecule has 0 aromatic heterocycles. The molecule has 1 atom stereocenters. The molecule has 1 unspecified atom stereocenters. The van der Waals surface area contributed by atoms with Gasteiger partial charge in [0.25, 0.3) is 0 Å². The predicted octanol–water partition coefficient (Wildman–Crippen LogP) is 4.97. The monoisotopic (exact) mass is 381 g/mol. The highest BCUT2D eigenvalue weighted by atomic mass is 35.5. The molecule has 0 radical (unpaired) electrons. The van der Waals surface area contributed by atoms with Crippen LogP contribution in [0.2, 0.25) is 5.02 Å². The molecular formula is C20H28ClNO4. The van der Waals surface area contributed by atoms with E-state index in [1.807, 2.05) is 27.7 Å². The Balaban J connectivity index is 0.00000301. The number of carboxylic acid groups (broad SMARTS) is 1. The summed E-state index contributed by atoms with van der Waals surface area (Å²) >= 11 is 5.91. The normalized spacial score (nSPS) is 11.4. The summed E-state index contributed by atoms with van der Waals surface area (Å²) in [5, 5.41) is 12.3. The van der Waals surface area contributed by atoms with Gasteiger partial charge in [0.1, 0.15) is 5.60 Å². The lowest BCUT2D eigenvalue weighted by atomic mass is 10.0. The number of carbonyl (C=O) groups excluding carboxylic acids is 1. The van der Waals surface area contributed by atoms with Crippen LogP contribution in [0.25, 0.3) is 0 Å². The molecule has 2 N–H and O–H groups in total. The van der Waals surface area contributed by atoms with Crippen LogP contribution in [0.1, 0.15) is 64.4 Å². The first-order chi connectivity index (χ1) is 12.0. The van der Waals surface area contributed by atoms with E-state index >= 15 is 0 Å². The van der Waals surface area contributed by atoms with Gasteiger partial charge in [0.15, 0.2) is 0 Å². The van der Waals surface area contributed by atoms with E-state index in [-0.39, 0.29) is 11.5 Å². The summed E-state index contributed by atoms with van der Waals surface area (Å²) in [4.78, 5) is 23.1. The Hall–Kier alpha value is -2.19. The van der Waals surface area contributed by atoms with E-state index in [0.29, 0.717) is 10.6 Å². The lowest BCUT2D eigenvalue weighted by Gasteiger charge is -2.23. The third-order valence-corrected chi connectivity index (χ3v) is 3.15. The zero-order valence-electron chi connectivity index (χ0n) is 16.4. The third kappa shape index (κ3) is 8.77. The SMILES string of the molecule is CC.CC(C)C(C#Cc1cc(Cl)ccc1C(=O)O)NC(=O)OC(C)(C)C. The van der Waals surface area contributed by atoms with Crippen LogP contribution in [-0.2, 0) is 4.74 Å². The summed E-state index contributed by atoms with van der Waals surface area (Å²) < 4.78 is 5.22. The van der Waals surface area contributed by atoms with Crippen molar-refractivity contribution in [1.29, 1.82) is 0 Å². The number of rotatable bonds is 3. The van der Waals surface area contributed by atoms with Crippen LogP contribution in [0.3, 0.4) is 0 Å². The average molecular weight is 382 g/mol. The molecule has 0 fully saturated rings. The van der Waals surface area contributed by atoms with Crippen LogP contribution >= 0.6 is 11.6 Å². The van der Waals surface area contributed by atoms with Crippen molar-refractivity contribution in [1.82, 2.24) is 5.32 Å². The Labute approximate surface area is 161 Å². The molecule has 0 spiro atoms. The molecule has 26 heavy (non-hydrogen) atoms. The van der Waals surface area contributed by atoms with Crippen molar-refractivity contribution < 1.29 is 19.4 Å². The van der Waals surface area contributed by atoms with Crippen LogP contribution in [0, 0.1) is 17.8 Å². The molecule has 0 saturated heterocycles. The van der Waals surface area contributed by atoms with Crippen LogP contribution < -0.4 is 5.32 Å².